The highest BCUT2D eigenvalue weighted by Gasteiger charge is 2.13. The van der Waals surface area contributed by atoms with Crippen molar-refractivity contribution in [3.05, 3.63) is 77.1 Å². The van der Waals surface area contributed by atoms with Crippen LogP contribution in [-0.4, -0.2) is 23.6 Å². The van der Waals surface area contributed by atoms with Crippen molar-refractivity contribution in [1.29, 1.82) is 5.26 Å². The maximum atomic E-state index is 12.5. The second kappa shape index (κ2) is 9.46. The van der Waals surface area contributed by atoms with E-state index in [2.05, 4.69) is 5.32 Å². The third-order valence-electron chi connectivity index (χ3n) is 4.45. The molecule has 0 radical (unpaired) electrons. The first-order chi connectivity index (χ1) is 14.9. The van der Waals surface area contributed by atoms with E-state index < -0.39 is 11.9 Å². The summed E-state index contributed by atoms with van der Waals surface area (Å²) >= 11 is 0. The Balaban J connectivity index is 1.78. The molecule has 0 fully saturated rings. The smallest absolute Gasteiger partial charge is 0.335 e. The lowest BCUT2D eigenvalue weighted by molar-refractivity contribution is -0.112. The predicted molar refractivity (Wildman–Crippen MR) is 116 cm³/mol. The molecule has 1 heterocycles. The number of amides is 1. The number of carbonyl (C=O) groups excluding carboxylic acids is 1. The van der Waals surface area contributed by atoms with Gasteiger partial charge < -0.3 is 19.6 Å². The minimum atomic E-state index is -1.02. The van der Waals surface area contributed by atoms with Gasteiger partial charge in [-0.2, -0.15) is 5.26 Å². The van der Waals surface area contributed by atoms with Gasteiger partial charge in [0.1, 0.15) is 28.9 Å². The number of carbonyl (C=O) groups is 2. The van der Waals surface area contributed by atoms with Gasteiger partial charge in [0.2, 0.25) is 0 Å². The Morgan fingerprint density at radius 3 is 2.55 bits per heavy atom. The molecule has 0 bridgehead atoms. The number of benzene rings is 2. The molecule has 2 aromatic carbocycles. The largest absolute Gasteiger partial charge is 0.494 e. The lowest BCUT2D eigenvalue weighted by atomic mass is 10.0. The van der Waals surface area contributed by atoms with Crippen LogP contribution < -0.4 is 10.1 Å². The number of nitrogens with zero attached hydrogens (tertiary/aromatic N) is 1. The number of hydrogen-bond acceptors (Lipinski definition) is 5. The molecule has 0 saturated heterocycles. The zero-order valence-corrected chi connectivity index (χ0v) is 17.0. The van der Waals surface area contributed by atoms with E-state index in [1.807, 2.05) is 13.0 Å². The molecule has 3 aromatic rings. The maximum Gasteiger partial charge on any atom is 0.335 e. The number of nitrogens with one attached hydrogen (secondary N) is 1. The van der Waals surface area contributed by atoms with Gasteiger partial charge in [-0.15, -0.1) is 0 Å². The van der Waals surface area contributed by atoms with E-state index in [-0.39, 0.29) is 11.1 Å². The van der Waals surface area contributed by atoms with Crippen molar-refractivity contribution >= 4 is 23.6 Å². The standard InChI is InChI=1S/C24H20N2O5/c1-3-30-19-8-6-18(7-9-19)26-23(27)17(14-25)12-20-10-11-22(31-20)16-5-4-15(2)21(13-16)24(28)29/h4-13H,3H2,1-2H3,(H,26,27)(H,28,29)/b17-12-. The number of aromatic carboxylic acids is 1. The Kier molecular flexibility index (Phi) is 6.53. The van der Waals surface area contributed by atoms with Crippen molar-refractivity contribution < 1.29 is 23.8 Å². The third kappa shape index (κ3) is 5.19. The van der Waals surface area contributed by atoms with Crippen molar-refractivity contribution in [2.24, 2.45) is 0 Å². The second-order valence-electron chi connectivity index (χ2n) is 6.62. The lowest BCUT2D eigenvalue weighted by Gasteiger charge is -2.06. The average Bonchev–Trinajstić information content (AvgIpc) is 3.22. The lowest BCUT2D eigenvalue weighted by Crippen LogP contribution is -2.13. The number of rotatable bonds is 7. The van der Waals surface area contributed by atoms with Crippen molar-refractivity contribution in [3.8, 4) is 23.1 Å². The summed E-state index contributed by atoms with van der Waals surface area (Å²) in [6, 6.07) is 16.9. The van der Waals surface area contributed by atoms with E-state index in [0.717, 1.165) is 0 Å². The molecule has 0 aliphatic carbocycles. The van der Waals surface area contributed by atoms with Gasteiger partial charge in [-0.25, -0.2) is 4.79 Å². The number of furan rings is 1. The molecular formula is C24H20N2O5. The number of nitriles is 1. The SMILES string of the molecule is CCOc1ccc(NC(=O)/C(C#N)=C\c2ccc(-c3ccc(C)c(C(=O)O)c3)o2)cc1. The Morgan fingerprint density at radius 2 is 1.90 bits per heavy atom. The first kappa shape index (κ1) is 21.4. The number of carboxylic acid groups (broad SMARTS) is 1. The summed E-state index contributed by atoms with van der Waals surface area (Å²) < 4.78 is 11.1. The molecule has 0 unspecified atom stereocenters. The van der Waals surface area contributed by atoms with Crippen molar-refractivity contribution in [2.75, 3.05) is 11.9 Å². The van der Waals surface area contributed by atoms with E-state index in [4.69, 9.17) is 9.15 Å². The summed E-state index contributed by atoms with van der Waals surface area (Å²) in [5, 5.41) is 21.3. The molecule has 2 N–H and O–H groups in total. The van der Waals surface area contributed by atoms with Gasteiger partial charge in [-0.3, -0.25) is 4.79 Å². The van der Waals surface area contributed by atoms with Gasteiger partial charge in [-0.1, -0.05) is 12.1 Å². The summed E-state index contributed by atoms with van der Waals surface area (Å²) in [7, 11) is 0. The quantitative estimate of drug-likeness (QED) is 0.418. The van der Waals surface area contributed by atoms with Crippen LogP contribution in [0.25, 0.3) is 17.4 Å². The first-order valence-corrected chi connectivity index (χ1v) is 9.51. The molecule has 7 nitrogen and oxygen atoms in total. The fraction of sp³-hybridized carbons (Fsp3) is 0.125. The zero-order chi connectivity index (χ0) is 22.4. The van der Waals surface area contributed by atoms with Crippen molar-refractivity contribution in [2.45, 2.75) is 13.8 Å². The predicted octanol–water partition coefficient (Wildman–Crippen LogP) is 4.90. The van der Waals surface area contributed by atoms with E-state index in [9.17, 15) is 20.0 Å². The minimum Gasteiger partial charge on any atom is -0.494 e. The van der Waals surface area contributed by atoms with E-state index in [0.29, 0.717) is 40.7 Å². The van der Waals surface area contributed by atoms with Gasteiger partial charge in [0.25, 0.3) is 5.91 Å². The summed E-state index contributed by atoms with van der Waals surface area (Å²) in [5.41, 5.74) is 1.79. The Morgan fingerprint density at radius 1 is 1.16 bits per heavy atom. The summed E-state index contributed by atoms with van der Waals surface area (Å²) in [6.07, 6.45) is 1.33. The number of ether oxygens (including phenoxy) is 1. The van der Waals surface area contributed by atoms with Gasteiger partial charge in [0.05, 0.1) is 12.2 Å². The highest BCUT2D eigenvalue weighted by Crippen LogP contribution is 2.26. The van der Waals surface area contributed by atoms with Crippen LogP contribution in [-0.2, 0) is 4.79 Å². The highest BCUT2D eigenvalue weighted by molar-refractivity contribution is 6.09. The average molecular weight is 416 g/mol. The molecule has 0 atom stereocenters. The molecule has 7 heteroatoms. The van der Waals surface area contributed by atoms with Crippen LogP contribution in [0.3, 0.4) is 0 Å². The normalized spacial score (nSPS) is 10.9. The first-order valence-electron chi connectivity index (χ1n) is 9.51. The number of carboxylic acids is 1. The van der Waals surface area contributed by atoms with Crippen LogP contribution in [0.2, 0.25) is 0 Å². The minimum absolute atomic E-state index is 0.134. The number of hydrogen-bond donors (Lipinski definition) is 2. The van der Waals surface area contributed by atoms with Gasteiger partial charge in [0, 0.05) is 17.3 Å². The van der Waals surface area contributed by atoms with E-state index in [1.54, 1.807) is 55.5 Å². The molecule has 0 saturated carbocycles. The van der Waals surface area contributed by atoms with Gasteiger partial charge in [-0.05, 0) is 61.9 Å². The molecule has 3 rings (SSSR count). The van der Waals surface area contributed by atoms with Gasteiger partial charge in [0.15, 0.2) is 0 Å². The summed E-state index contributed by atoms with van der Waals surface area (Å²) in [5.74, 6) is -0.192. The zero-order valence-electron chi connectivity index (χ0n) is 17.0. The highest BCUT2D eigenvalue weighted by atomic mass is 16.5. The topological polar surface area (TPSA) is 113 Å². The van der Waals surface area contributed by atoms with E-state index >= 15 is 0 Å². The summed E-state index contributed by atoms with van der Waals surface area (Å²) in [4.78, 5) is 23.8. The van der Waals surface area contributed by atoms with Crippen molar-refractivity contribution in [1.82, 2.24) is 0 Å². The van der Waals surface area contributed by atoms with Crippen LogP contribution in [0.4, 0.5) is 5.69 Å². The Labute approximate surface area is 179 Å². The molecule has 0 spiro atoms. The molecule has 0 aliphatic heterocycles. The number of aryl methyl sites for hydroxylation is 1. The molecular weight excluding hydrogens is 396 g/mol. The summed E-state index contributed by atoms with van der Waals surface area (Å²) in [6.45, 7) is 4.13. The van der Waals surface area contributed by atoms with Crippen LogP contribution in [0.5, 0.6) is 5.75 Å². The fourth-order valence-corrected chi connectivity index (χ4v) is 2.88. The second-order valence-corrected chi connectivity index (χ2v) is 6.62. The van der Waals surface area contributed by atoms with Crippen LogP contribution in [0, 0.1) is 18.3 Å². The third-order valence-corrected chi connectivity index (χ3v) is 4.45. The number of anilines is 1. The fourth-order valence-electron chi connectivity index (χ4n) is 2.88. The van der Waals surface area contributed by atoms with Crippen LogP contribution >= 0.6 is 0 Å². The Hall–Kier alpha value is -4.31. The van der Waals surface area contributed by atoms with Crippen LogP contribution in [0.15, 0.2) is 64.6 Å². The monoisotopic (exact) mass is 416 g/mol. The van der Waals surface area contributed by atoms with Crippen LogP contribution in [0.1, 0.15) is 28.6 Å². The van der Waals surface area contributed by atoms with Gasteiger partial charge >= 0.3 is 5.97 Å². The molecule has 31 heavy (non-hydrogen) atoms. The molecule has 0 aliphatic rings. The maximum absolute atomic E-state index is 12.5. The molecule has 1 aromatic heterocycles. The molecule has 156 valence electrons. The van der Waals surface area contributed by atoms with E-state index in [1.165, 1.54) is 12.1 Å². The van der Waals surface area contributed by atoms with Crippen molar-refractivity contribution in [3.63, 3.8) is 0 Å². The molecule has 1 amide bonds. The Bertz CT molecular complexity index is 1180.